The Hall–Kier alpha value is -2.93. The van der Waals surface area contributed by atoms with Gasteiger partial charge in [0.05, 0.1) is 11.5 Å². The summed E-state index contributed by atoms with van der Waals surface area (Å²) in [6.07, 6.45) is 2.31. The first-order valence-corrected chi connectivity index (χ1v) is 8.52. The number of fused-ring (bicyclic) bond motifs is 1. The summed E-state index contributed by atoms with van der Waals surface area (Å²) in [6.45, 7) is 2.02. The molecule has 3 aromatic rings. The monoisotopic (exact) mass is 355 g/mol. The number of esters is 1. The molecule has 0 fully saturated rings. The third kappa shape index (κ3) is 3.61. The minimum absolute atomic E-state index is 0.00299. The second-order valence-corrected chi connectivity index (χ2v) is 6.31. The van der Waals surface area contributed by atoms with E-state index in [1.54, 1.807) is 43.6 Å². The largest absolute Gasteiger partial charge is 0.473 e. The van der Waals surface area contributed by atoms with Crippen LogP contribution in [0.25, 0.3) is 10.1 Å². The van der Waals surface area contributed by atoms with Crippen LogP contribution in [-0.2, 0) is 9.53 Å². The number of thiophene rings is 1. The average Bonchev–Trinajstić information content (AvgIpc) is 3.06. The minimum atomic E-state index is -0.894. The van der Waals surface area contributed by atoms with Crippen LogP contribution in [0, 0.1) is 5.41 Å². The number of ether oxygens (including phenoxy) is 2. The van der Waals surface area contributed by atoms with E-state index in [0.29, 0.717) is 16.2 Å². The van der Waals surface area contributed by atoms with Gasteiger partial charge in [-0.15, -0.1) is 11.3 Å². The number of nitrogens with two attached hydrogens (primary N) is 1. The Kier molecular flexibility index (Phi) is 4.95. The lowest BCUT2D eigenvalue weighted by atomic mass is 10.1. The summed E-state index contributed by atoms with van der Waals surface area (Å²) in [5, 5.41) is 8.41. The highest BCUT2D eigenvalue weighted by Crippen LogP contribution is 2.35. The van der Waals surface area contributed by atoms with Gasteiger partial charge in [0.2, 0.25) is 6.10 Å². The third-order valence-corrected chi connectivity index (χ3v) is 4.67. The molecule has 0 saturated carbocycles. The van der Waals surface area contributed by atoms with Gasteiger partial charge < -0.3 is 15.2 Å². The van der Waals surface area contributed by atoms with Gasteiger partial charge in [-0.2, -0.15) is 0 Å². The molecule has 0 spiro atoms. The molecule has 25 heavy (non-hydrogen) atoms. The summed E-state index contributed by atoms with van der Waals surface area (Å²) in [4.78, 5) is 17.0. The Labute approximate surface area is 148 Å². The van der Waals surface area contributed by atoms with Crippen LogP contribution in [0.3, 0.4) is 0 Å². The molecular formula is C18H17N3O3S. The van der Waals surface area contributed by atoms with Crippen molar-refractivity contribution in [3.63, 3.8) is 0 Å². The number of pyridine rings is 1. The van der Waals surface area contributed by atoms with Crippen LogP contribution in [0.5, 0.6) is 5.75 Å². The molecular weight excluding hydrogens is 338 g/mol. The van der Waals surface area contributed by atoms with Crippen LogP contribution in [0.1, 0.15) is 23.5 Å². The third-order valence-electron chi connectivity index (χ3n) is 3.54. The number of nitrogens with zero attached hydrogens (tertiary/aromatic N) is 1. The van der Waals surface area contributed by atoms with E-state index in [-0.39, 0.29) is 12.4 Å². The van der Waals surface area contributed by atoms with Gasteiger partial charge in [0.1, 0.15) is 11.6 Å². The van der Waals surface area contributed by atoms with Crippen molar-refractivity contribution in [3.8, 4) is 5.75 Å². The van der Waals surface area contributed by atoms with E-state index in [0.717, 1.165) is 10.1 Å². The summed E-state index contributed by atoms with van der Waals surface area (Å²) in [5.74, 6) is 0.0760. The maximum Gasteiger partial charge on any atom is 0.352 e. The van der Waals surface area contributed by atoms with Crippen molar-refractivity contribution in [3.05, 3.63) is 59.2 Å². The minimum Gasteiger partial charge on any atom is -0.473 e. The predicted molar refractivity (Wildman–Crippen MR) is 97.1 cm³/mol. The summed E-state index contributed by atoms with van der Waals surface area (Å²) in [7, 11) is 0. The van der Waals surface area contributed by atoms with Gasteiger partial charge in [0.25, 0.3) is 0 Å². The fourth-order valence-electron chi connectivity index (χ4n) is 2.41. The first-order chi connectivity index (χ1) is 12.1. The van der Waals surface area contributed by atoms with Crippen molar-refractivity contribution in [2.75, 3.05) is 6.61 Å². The summed E-state index contributed by atoms with van der Waals surface area (Å²) < 4.78 is 12.1. The van der Waals surface area contributed by atoms with Gasteiger partial charge >= 0.3 is 5.97 Å². The van der Waals surface area contributed by atoms with Crippen LogP contribution >= 0.6 is 11.3 Å². The van der Waals surface area contributed by atoms with Crippen molar-refractivity contribution >= 4 is 33.2 Å². The zero-order chi connectivity index (χ0) is 17.8. The molecule has 0 saturated heterocycles. The molecule has 0 radical (unpaired) electrons. The first-order valence-electron chi connectivity index (χ1n) is 7.70. The lowest BCUT2D eigenvalue weighted by Gasteiger charge is -2.18. The number of benzene rings is 1. The number of nitrogens with one attached hydrogen (secondary N) is 1. The molecule has 0 aliphatic rings. The quantitative estimate of drug-likeness (QED) is 0.402. The molecule has 3 rings (SSSR count). The number of carbonyl (C=O) groups is 1. The SMILES string of the molecule is CCOC(=O)C(Oc1cccc2sc(C(=N)N)cc12)c1ccncc1. The number of hydrogen-bond donors (Lipinski definition) is 2. The van der Waals surface area contributed by atoms with E-state index < -0.39 is 12.1 Å². The fourth-order valence-corrected chi connectivity index (χ4v) is 3.34. The van der Waals surface area contributed by atoms with Gasteiger partial charge in [-0.05, 0) is 37.3 Å². The molecule has 1 unspecified atom stereocenters. The highest BCUT2D eigenvalue weighted by molar-refractivity contribution is 7.20. The number of carbonyl (C=O) groups excluding carboxylic acids is 1. The van der Waals surface area contributed by atoms with Gasteiger partial charge in [0.15, 0.2) is 0 Å². The van der Waals surface area contributed by atoms with Crippen LogP contribution in [-0.4, -0.2) is 23.4 Å². The molecule has 1 atom stereocenters. The van der Waals surface area contributed by atoms with Crippen molar-refractivity contribution in [1.82, 2.24) is 4.98 Å². The lowest BCUT2D eigenvalue weighted by molar-refractivity contribution is -0.151. The summed E-state index contributed by atoms with van der Waals surface area (Å²) in [5.41, 5.74) is 6.24. The molecule has 2 heterocycles. The standard InChI is InChI=1S/C18H17N3O3S/c1-2-23-18(22)16(11-6-8-21-9-7-11)24-13-4-3-5-14-12(13)10-15(25-14)17(19)20/h3-10,16H,2H2,1H3,(H3,19,20). The molecule has 0 aliphatic carbocycles. The van der Waals surface area contributed by atoms with E-state index in [4.69, 9.17) is 20.6 Å². The second-order valence-electron chi connectivity index (χ2n) is 5.22. The molecule has 0 aliphatic heterocycles. The topological polar surface area (TPSA) is 98.3 Å². The summed E-state index contributed by atoms with van der Waals surface area (Å²) in [6, 6.07) is 10.8. The Balaban J connectivity index is 2.00. The van der Waals surface area contributed by atoms with E-state index in [9.17, 15) is 4.79 Å². The first kappa shape index (κ1) is 16.9. The highest BCUT2D eigenvalue weighted by atomic mass is 32.1. The maximum atomic E-state index is 12.4. The molecule has 1 aromatic carbocycles. The van der Waals surface area contributed by atoms with E-state index in [1.807, 2.05) is 12.1 Å². The van der Waals surface area contributed by atoms with Gasteiger partial charge in [0, 0.05) is 28.0 Å². The molecule has 0 amide bonds. The number of nitrogen functional groups attached to an aromatic ring is 1. The van der Waals surface area contributed by atoms with E-state index >= 15 is 0 Å². The molecule has 0 bridgehead atoms. The van der Waals surface area contributed by atoms with Crippen molar-refractivity contribution < 1.29 is 14.3 Å². The van der Waals surface area contributed by atoms with Crippen LogP contribution < -0.4 is 10.5 Å². The summed E-state index contributed by atoms with van der Waals surface area (Å²) >= 11 is 1.41. The normalized spacial score (nSPS) is 11.9. The Morgan fingerprint density at radius 2 is 2.08 bits per heavy atom. The van der Waals surface area contributed by atoms with Gasteiger partial charge in [-0.1, -0.05) is 6.07 Å². The Bertz CT molecular complexity index is 908. The molecule has 2 aromatic heterocycles. The van der Waals surface area contributed by atoms with E-state index in [2.05, 4.69) is 4.98 Å². The van der Waals surface area contributed by atoms with Gasteiger partial charge in [-0.25, -0.2) is 4.79 Å². The van der Waals surface area contributed by atoms with Crippen LogP contribution in [0.4, 0.5) is 0 Å². The molecule has 7 heteroatoms. The number of amidine groups is 1. The van der Waals surface area contributed by atoms with E-state index in [1.165, 1.54) is 11.3 Å². The second kappa shape index (κ2) is 7.31. The van der Waals surface area contributed by atoms with Crippen molar-refractivity contribution in [1.29, 1.82) is 5.41 Å². The van der Waals surface area contributed by atoms with Crippen molar-refractivity contribution in [2.45, 2.75) is 13.0 Å². The van der Waals surface area contributed by atoms with Crippen molar-refractivity contribution in [2.24, 2.45) is 5.73 Å². The van der Waals surface area contributed by atoms with Crippen LogP contribution in [0.15, 0.2) is 48.8 Å². The fraction of sp³-hybridized carbons (Fsp3) is 0.167. The average molecular weight is 355 g/mol. The highest BCUT2D eigenvalue weighted by Gasteiger charge is 2.25. The number of aromatic nitrogens is 1. The Morgan fingerprint density at radius 1 is 1.32 bits per heavy atom. The molecule has 6 nitrogen and oxygen atoms in total. The van der Waals surface area contributed by atoms with Crippen LogP contribution in [0.2, 0.25) is 0 Å². The number of rotatable bonds is 6. The molecule has 3 N–H and O–H groups in total. The maximum absolute atomic E-state index is 12.4. The predicted octanol–water partition coefficient (Wildman–Crippen LogP) is 3.26. The zero-order valence-electron chi connectivity index (χ0n) is 13.6. The van der Waals surface area contributed by atoms with Gasteiger partial charge in [-0.3, -0.25) is 10.4 Å². The molecule has 128 valence electrons. The number of hydrogen-bond acceptors (Lipinski definition) is 6. The lowest BCUT2D eigenvalue weighted by Crippen LogP contribution is -2.21. The zero-order valence-corrected chi connectivity index (χ0v) is 14.4. The smallest absolute Gasteiger partial charge is 0.352 e. The Morgan fingerprint density at radius 3 is 2.76 bits per heavy atom.